The molecule has 1 heterocycles. The van der Waals surface area contributed by atoms with Gasteiger partial charge in [0.2, 0.25) is 0 Å². The van der Waals surface area contributed by atoms with E-state index < -0.39 is 0 Å². The molecule has 1 aliphatic rings. The quantitative estimate of drug-likeness (QED) is 0.709. The lowest BCUT2D eigenvalue weighted by Crippen LogP contribution is -2.30. The van der Waals surface area contributed by atoms with E-state index in [9.17, 15) is 4.39 Å². The summed E-state index contributed by atoms with van der Waals surface area (Å²) in [4.78, 5) is 0. The molecule has 70 valence electrons. The number of hydrogen-bond donors (Lipinski definition) is 0. The van der Waals surface area contributed by atoms with Gasteiger partial charge in [-0.15, -0.1) is 0 Å². The first-order valence-electron chi connectivity index (χ1n) is 3.94. The summed E-state index contributed by atoms with van der Waals surface area (Å²) in [6, 6.07) is 4.28. The molecule has 0 unspecified atom stereocenters. The fourth-order valence-corrected chi connectivity index (χ4v) is 1.48. The average molecular weight is 247 g/mol. The predicted molar refractivity (Wildman–Crippen MR) is 50.1 cm³/mol. The van der Waals surface area contributed by atoms with Gasteiger partial charge in [0.1, 0.15) is 18.5 Å². The smallest absolute Gasteiger partial charge is 0.164 e. The highest BCUT2D eigenvalue weighted by molar-refractivity contribution is 9.09. The van der Waals surface area contributed by atoms with Crippen molar-refractivity contribution >= 4 is 15.9 Å². The Bertz CT molecular complexity index is 316. The molecule has 0 saturated heterocycles. The molecular formula is C9H8BrFO2. The molecule has 0 aromatic heterocycles. The maximum Gasteiger partial charge on any atom is 0.164 e. The van der Waals surface area contributed by atoms with Crippen LogP contribution in [0.15, 0.2) is 18.2 Å². The van der Waals surface area contributed by atoms with E-state index in [0.717, 1.165) is 0 Å². The van der Waals surface area contributed by atoms with Crippen LogP contribution in [0.25, 0.3) is 0 Å². The summed E-state index contributed by atoms with van der Waals surface area (Å²) in [5.41, 5.74) is 0. The van der Waals surface area contributed by atoms with Crippen molar-refractivity contribution in [1.29, 1.82) is 0 Å². The van der Waals surface area contributed by atoms with Gasteiger partial charge in [0.05, 0.1) is 0 Å². The van der Waals surface area contributed by atoms with E-state index >= 15 is 0 Å². The molecule has 1 aliphatic heterocycles. The Morgan fingerprint density at radius 1 is 1.46 bits per heavy atom. The zero-order valence-electron chi connectivity index (χ0n) is 6.80. The van der Waals surface area contributed by atoms with Crippen LogP contribution in [-0.2, 0) is 0 Å². The van der Waals surface area contributed by atoms with Crippen LogP contribution in [-0.4, -0.2) is 18.0 Å². The lowest BCUT2D eigenvalue weighted by Gasteiger charge is -2.24. The second-order valence-electron chi connectivity index (χ2n) is 2.80. The van der Waals surface area contributed by atoms with E-state index in [4.69, 9.17) is 9.47 Å². The number of benzene rings is 1. The van der Waals surface area contributed by atoms with Crippen molar-refractivity contribution in [1.82, 2.24) is 0 Å². The van der Waals surface area contributed by atoms with E-state index in [1.807, 2.05) is 0 Å². The largest absolute Gasteiger partial charge is 0.486 e. The molecule has 1 aromatic carbocycles. The molecule has 0 N–H and O–H groups in total. The minimum atomic E-state index is -0.306. The highest BCUT2D eigenvalue weighted by Gasteiger charge is 2.19. The second-order valence-corrected chi connectivity index (χ2v) is 3.44. The standard InChI is InChI=1S/C9H8BrFO2/c10-4-7-5-12-9-3-6(11)1-2-8(9)13-7/h1-3,7H,4-5H2/t7-/m0/s1. The van der Waals surface area contributed by atoms with Crippen LogP contribution in [0.1, 0.15) is 0 Å². The van der Waals surface area contributed by atoms with Gasteiger partial charge < -0.3 is 9.47 Å². The predicted octanol–water partition coefficient (Wildman–Crippen LogP) is 2.36. The number of alkyl halides is 1. The fraction of sp³-hybridized carbons (Fsp3) is 0.333. The Hall–Kier alpha value is -0.770. The van der Waals surface area contributed by atoms with Crippen molar-refractivity contribution in [3.05, 3.63) is 24.0 Å². The van der Waals surface area contributed by atoms with Crippen LogP contribution in [0.3, 0.4) is 0 Å². The SMILES string of the molecule is Fc1ccc2c(c1)OC[C@H](CBr)O2. The summed E-state index contributed by atoms with van der Waals surface area (Å²) in [5.74, 6) is 0.786. The van der Waals surface area contributed by atoms with Gasteiger partial charge in [-0.3, -0.25) is 0 Å². The zero-order valence-corrected chi connectivity index (χ0v) is 8.38. The first kappa shape index (κ1) is 8.81. The van der Waals surface area contributed by atoms with Crippen LogP contribution in [0, 0.1) is 5.82 Å². The van der Waals surface area contributed by atoms with Crippen LogP contribution >= 0.6 is 15.9 Å². The Morgan fingerprint density at radius 2 is 2.31 bits per heavy atom. The van der Waals surface area contributed by atoms with Crippen LogP contribution in [0.5, 0.6) is 11.5 Å². The van der Waals surface area contributed by atoms with E-state index in [1.165, 1.54) is 12.1 Å². The number of hydrogen-bond acceptors (Lipinski definition) is 2. The number of fused-ring (bicyclic) bond motifs is 1. The summed E-state index contributed by atoms with van der Waals surface area (Å²) in [7, 11) is 0. The Kier molecular flexibility index (Phi) is 2.40. The molecule has 0 saturated carbocycles. The van der Waals surface area contributed by atoms with Gasteiger partial charge >= 0.3 is 0 Å². The van der Waals surface area contributed by atoms with E-state index in [1.54, 1.807) is 6.07 Å². The molecule has 0 fully saturated rings. The Balaban J connectivity index is 2.26. The molecule has 0 aliphatic carbocycles. The van der Waals surface area contributed by atoms with Gasteiger partial charge in [-0.2, -0.15) is 0 Å². The van der Waals surface area contributed by atoms with E-state index in [0.29, 0.717) is 23.4 Å². The third-order valence-electron chi connectivity index (χ3n) is 1.80. The van der Waals surface area contributed by atoms with Crippen molar-refractivity contribution in [2.75, 3.05) is 11.9 Å². The van der Waals surface area contributed by atoms with Crippen molar-refractivity contribution in [2.45, 2.75) is 6.10 Å². The third kappa shape index (κ3) is 1.77. The topological polar surface area (TPSA) is 18.5 Å². The average Bonchev–Trinajstić information content (AvgIpc) is 2.17. The summed E-state index contributed by atoms with van der Waals surface area (Å²) in [6.45, 7) is 0.460. The molecule has 1 aromatic rings. The molecule has 0 spiro atoms. The lowest BCUT2D eigenvalue weighted by atomic mass is 10.2. The zero-order chi connectivity index (χ0) is 9.26. The van der Waals surface area contributed by atoms with Crippen molar-refractivity contribution in [3.63, 3.8) is 0 Å². The first-order chi connectivity index (χ1) is 6.29. The monoisotopic (exact) mass is 246 g/mol. The van der Waals surface area contributed by atoms with Gasteiger partial charge in [0, 0.05) is 11.4 Å². The second kappa shape index (κ2) is 3.54. The van der Waals surface area contributed by atoms with Crippen molar-refractivity contribution in [3.8, 4) is 11.5 Å². The molecule has 0 amide bonds. The van der Waals surface area contributed by atoms with Crippen molar-refractivity contribution < 1.29 is 13.9 Å². The highest BCUT2D eigenvalue weighted by Crippen LogP contribution is 2.32. The minimum Gasteiger partial charge on any atom is -0.486 e. The van der Waals surface area contributed by atoms with Crippen LogP contribution in [0.4, 0.5) is 4.39 Å². The van der Waals surface area contributed by atoms with Crippen molar-refractivity contribution in [2.24, 2.45) is 0 Å². The summed E-state index contributed by atoms with van der Waals surface area (Å²) >= 11 is 3.30. The number of halogens is 2. The Morgan fingerprint density at radius 3 is 3.08 bits per heavy atom. The molecular weight excluding hydrogens is 239 g/mol. The van der Waals surface area contributed by atoms with Crippen LogP contribution in [0.2, 0.25) is 0 Å². The normalized spacial score (nSPS) is 20.0. The molecule has 0 radical (unpaired) electrons. The molecule has 4 heteroatoms. The molecule has 2 nitrogen and oxygen atoms in total. The first-order valence-corrected chi connectivity index (χ1v) is 5.06. The molecule has 13 heavy (non-hydrogen) atoms. The lowest BCUT2D eigenvalue weighted by molar-refractivity contribution is 0.107. The van der Waals surface area contributed by atoms with Gasteiger partial charge in [0.15, 0.2) is 11.5 Å². The summed E-state index contributed by atoms with van der Waals surface area (Å²) in [5, 5.41) is 0.712. The number of ether oxygens (including phenoxy) is 2. The number of rotatable bonds is 1. The summed E-state index contributed by atoms with van der Waals surface area (Å²) in [6.07, 6.45) is 0.0120. The maximum atomic E-state index is 12.7. The van der Waals surface area contributed by atoms with Crippen LogP contribution < -0.4 is 9.47 Å². The van der Waals surface area contributed by atoms with Gasteiger partial charge in [0.25, 0.3) is 0 Å². The maximum absolute atomic E-state index is 12.7. The third-order valence-corrected chi connectivity index (χ3v) is 2.52. The highest BCUT2D eigenvalue weighted by atomic mass is 79.9. The summed E-state index contributed by atoms with van der Waals surface area (Å²) < 4.78 is 23.5. The Labute approximate surface area is 83.8 Å². The molecule has 2 rings (SSSR count). The van der Waals surface area contributed by atoms with Gasteiger partial charge in [-0.1, -0.05) is 15.9 Å². The van der Waals surface area contributed by atoms with Gasteiger partial charge in [-0.05, 0) is 12.1 Å². The van der Waals surface area contributed by atoms with E-state index in [-0.39, 0.29) is 11.9 Å². The van der Waals surface area contributed by atoms with Gasteiger partial charge in [-0.25, -0.2) is 4.39 Å². The minimum absolute atomic E-state index is 0.0120. The fourth-order valence-electron chi connectivity index (χ4n) is 1.16. The molecule has 1 atom stereocenters. The molecule has 0 bridgehead atoms. The van der Waals surface area contributed by atoms with E-state index in [2.05, 4.69) is 15.9 Å².